The first-order valence-electron chi connectivity index (χ1n) is 4.24. The lowest BCUT2D eigenvalue weighted by Gasteiger charge is -1.90. The molecule has 0 aliphatic rings. The summed E-state index contributed by atoms with van der Waals surface area (Å²) >= 11 is 1.32. The molecule has 2 aromatic rings. The molecule has 2 rings (SSSR count). The Morgan fingerprint density at radius 3 is 3.07 bits per heavy atom. The maximum Gasteiger partial charge on any atom is 0.214 e. The van der Waals surface area contributed by atoms with Crippen LogP contribution in [0, 0.1) is 0 Å². The summed E-state index contributed by atoms with van der Waals surface area (Å²) in [4.78, 5) is 15.4. The Morgan fingerprint density at radius 1 is 1.60 bits per heavy atom. The van der Waals surface area contributed by atoms with Crippen LogP contribution >= 0.6 is 11.3 Å². The van der Waals surface area contributed by atoms with Crippen LogP contribution in [0.15, 0.2) is 23.8 Å². The number of thiazole rings is 1. The molecule has 0 aliphatic heterocycles. The first-order valence-corrected chi connectivity index (χ1v) is 5.12. The third kappa shape index (κ3) is 2.16. The first kappa shape index (κ1) is 9.72. The predicted molar refractivity (Wildman–Crippen MR) is 56.5 cm³/mol. The minimum Gasteiger partial charge on any atom is -0.287 e. The Labute approximate surface area is 90.1 Å². The summed E-state index contributed by atoms with van der Waals surface area (Å²) in [7, 11) is 1.76. The van der Waals surface area contributed by atoms with Crippen molar-refractivity contribution in [3.8, 4) is 0 Å². The zero-order valence-electron chi connectivity index (χ0n) is 7.99. The maximum absolute atomic E-state index is 11.5. The van der Waals surface area contributed by atoms with Gasteiger partial charge in [-0.25, -0.2) is 9.67 Å². The molecule has 0 atom stereocenters. The lowest BCUT2D eigenvalue weighted by Crippen LogP contribution is -1.95. The largest absolute Gasteiger partial charge is 0.287 e. The average molecular weight is 220 g/mol. The number of hydrogen-bond donors (Lipinski definition) is 0. The number of carbonyl (C=O) groups excluding carboxylic acids is 1. The minimum absolute atomic E-state index is 0.105. The van der Waals surface area contributed by atoms with E-state index in [0.717, 1.165) is 5.69 Å². The van der Waals surface area contributed by atoms with E-state index >= 15 is 0 Å². The fourth-order valence-corrected chi connectivity index (χ4v) is 1.58. The van der Waals surface area contributed by atoms with E-state index in [4.69, 9.17) is 0 Å². The van der Waals surface area contributed by atoms with Crippen LogP contribution in [0.5, 0.6) is 0 Å². The van der Waals surface area contributed by atoms with Gasteiger partial charge < -0.3 is 0 Å². The molecule has 0 bridgehead atoms. The number of carbonyl (C=O) groups is 1. The van der Waals surface area contributed by atoms with Gasteiger partial charge in [0.15, 0.2) is 5.01 Å². The number of nitrogens with zero attached hydrogens (tertiary/aromatic N) is 4. The molecule has 0 aliphatic carbocycles. The third-order valence-electron chi connectivity index (χ3n) is 1.80. The summed E-state index contributed by atoms with van der Waals surface area (Å²) in [5.41, 5.74) is 0.778. The Hall–Kier alpha value is -1.82. The lowest BCUT2D eigenvalue weighted by molar-refractivity contribution is 0.104. The van der Waals surface area contributed by atoms with Crippen LogP contribution in [0.2, 0.25) is 0 Å². The van der Waals surface area contributed by atoms with Crippen molar-refractivity contribution in [2.75, 3.05) is 0 Å². The van der Waals surface area contributed by atoms with Crippen molar-refractivity contribution < 1.29 is 4.79 Å². The molecule has 0 saturated heterocycles. The van der Waals surface area contributed by atoms with Crippen LogP contribution in [0.1, 0.15) is 15.5 Å². The molecule has 0 unspecified atom stereocenters. The second kappa shape index (κ2) is 4.14. The minimum atomic E-state index is -0.105. The molecule has 2 aromatic heterocycles. The molecule has 0 amide bonds. The van der Waals surface area contributed by atoms with Gasteiger partial charge in [0.25, 0.3) is 0 Å². The fraction of sp³-hybridized carbons (Fsp3) is 0.111. The van der Waals surface area contributed by atoms with Gasteiger partial charge in [-0.2, -0.15) is 0 Å². The van der Waals surface area contributed by atoms with Gasteiger partial charge >= 0.3 is 0 Å². The smallest absolute Gasteiger partial charge is 0.214 e. The van der Waals surface area contributed by atoms with Gasteiger partial charge in [-0.05, 0) is 12.2 Å². The molecule has 0 fully saturated rings. The highest BCUT2D eigenvalue weighted by Crippen LogP contribution is 2.07. The summed E-state index contributed by atoms with van der Waals surface area (Å²) in [5, 5.41) is 9.71. The number of aromatic nitrogens is 4. The molecule has 0 spiro atoms. The second-order valence-corrected chi connectivity index (χ2v) is 3.71. The van der Waals surface area contributed by atoms with E-state index in [1.807, 2.05) is 0 Å². The molecule has 2 heterocycles. The Morgan fingerprint density at radius 2 is 2.47 bits per heavy atom. The Balaban J connectivity index is 2.13. The highest BCUT2D eigenvalue weighted by molar-refractivity contribution is 7.11. The lowest BCUT2D eigenvalue weighted by atomic mass is 10.3. The normalized spacial score (nSPS) is 11.0. The van der Waals surface area contributed by atoms with Crippen molar-refractivity contribution in [2.24, 2.45) is 7.05 Å². The summed E-state index contributed by atoms with van der Waals surface area (Å²) < 4.78 is 1.59. The molecule has 0 aromatic carbocycles. The zero-order valence-corrected chi connectivity index (χ0v) is 8.81. The number of ketones is 1. The van der Waals surface area contributed by atoms with E-state index in [9.17, 15) is 4.79 Å². The standard InChI is InChI=1S/C9H8N4OS/c1-13-7(6-11-12-13)2-3-8(14)9-10-4-5-15-9/h2-6H,1H3. The number of rotatable bonds is 3. The van der Waals surface area contributed by atoms with E-state index in [2.05, 4.69) is 15.3 Å². The van der Waals surface area contributed by atoms with Gasteiger partial charge in [-0.1, -0.05) is 5.21 Å². The van der Waals surface area contributed by atoms with E-state index in [1.54, 1.807) is 35.6 Å². The van der Waals surface area contributed by atoms with E-state index in [0.29, 0.717) is 5.01 Å². The van der Waals surface area contributed by atoms with Gasteiger partial charge in [0.1, 0.15) is 0 Å². The van der Waals surface area contributed by atoms with E-state index in [-0.39, 0.29) is 5.78 Å². The molecular formula is C9H8N4OS. The van der Waals surface area contributed by atoms with Crippen molar-refractivity contribution in [1.82, 2.24) is 20.0 Å². The van der Waals surface area contributed by atoms with Crippen LogP contribution in [0.4, 0.5) is 0 Å². The molecule has 5 nitrogen and oxygen atoms in total. The quantitative estimate of drug-likeness (QED) is 0.575. The Bertz CT molecular complexity index is 486. The van der Waals surface area contributed by atoms with Crippen LogP contribution in [0.25, 0.3) is 6.08 Å². The zero-order chi connectivity index (χ0) is 10.7. The first-order chi connectivity index (χ1) is 7.27. The molecule has 76 valence electrons. The number of allylic oxidation sites excluding steroid dienone is 1. The van der Waals surface area contributed by atoms with Crippen LogP contribution < -0.4 is 0 Å². The van der Waals surface area contributed by atoms with Crippen molar-refractivity contribution in [3.63, 3.8) is 0 Å². The molecular weight excluding hydrogens is 212 g/mol. The molecule has 6 heteroatoms. The second-order valence-electron chi connectivity index (χ2n) is 2.82. The highest BCUT2D eigenvalue weighted by atomic mass is 32.1. The number of aryl methyl sites for hydroxylation is 1. The maximum atomic E-state index is 11.5. The van der Waals surface area contributed by atoms with Gasteiger partial charge in [0, 0.05) is 18.6 Å². The van der Waals surface area contributed by atoms with Crippen molar-refractivity contribution in [2.45, 2.75) is 0 Å². The van der Waals surface area contributed by atoms with Crippen LogP contribution in [-0.4, -0.2) is 25.8 Å². The van der Waals surface area contributed by atoms with Gasteiger partial charge in [-0.3, -0.25) is 4.79 Å². The van der Waals surface area contributed by atoms with E-state index < -0.39 is 0 Å². The fourth-order valence-electron chi connectivity index (χ4n) is 1.03. The van der Waals surface area contributed by atoms with Gasteiger partial charge in [0.2, 0.25) is 5.78 Å². The summed E-state index contributed by atoms with van der Waals surface area (Å²) in [6.07, 6.45) is 6.34. The van der Waals surface area contributed by atoms with Crippen molar-refractivity contribution in [3.05, 3.63) is 34.6 Å². The van der Waals surface area contributed by atoms with Gasteiger partial charge in [-0.15, -0.1) is 16.4 Å². The summed E-state index contributed by atoms with van der Waals surface area (Å²) in [5.74, 6) is -0.105. The van der Waals surface area contributed by atoms with Gasteiger partial charge in [0.05, 0.1) is 11.9 Å². The summed E-state index contributed by atoms with van der Waals surface area (Å²) in [6, 6.07) is 0. The molecule has 0 radical (unpaired) electrons. The molecule has 15 heavy (non-hydrogen) atoms. The monoisotopic (exact) mass is 220 g/mol. The third-order valence-corrected chi connectivity index (χ3v) is 2.59. The Kier molecular flexibility index (Phi) is 2.68. The highest BCUT2D eigenvalue weighted by Gasteiger charge is 2.04. The van der Waals surface area contributed by atoms with E-state index in [1.165, 1.54) is 17.4 Å². The van der Waals surface area contributed by atoms with Crippen molar-refractivity contribution in [1.29, 1.82) is 0 Å². The molecule has 0 N–H and O–H groups in total. The van der Waals surface area contributed by atoms with Crippen LogP contribution in [-0.2, 0) is 7.05 Å². The molecule has 0 saturated carbocycles. The van der Waals surface area contributed by atoms with Crippen molar-refractivity contribution >= 4 is 23.2 Å². The summed E-state index contributed by atoms with van der Waals surface area (Å²) in [6.45, 7) is 0. The number of hydrogen-bond acceptors (Lipinski definition) is 5. The van der Waals surface area contributed by atoms with Crippen LogP contribution in [0.3, 0.4) is 0 Å². The SMILES string of the molecule is Cn1nncc1C=CC(=O)c1nccs1. The topological polar surface area (TPSA) is 60.7 Å². The average Bonchev–Trinajstić information content (AvgIpc) is 2.85. The predicted octanol–water partition coefficient (Wildman–Crippen LogP) is 1.17.